The zero-order valence-corrected chi connectivity index (χ0v) is 24.7. The molecule has 0 unspecified atom stereocenters. The van der Waals surface area contributed by atoms with Gasteiger partial charge in [-0.05, 0) is 76.7 Å². The quantitative estimate of drug-likeness (QED) is 0.135. The average Bonchev–Trinajstić information content (AvgIpc) is 3.23. The highest BCUT2D eigenvalue weighted by molar-refractivity contribution is 5.81. The molecule has 0 atom stereocenters. The molecule has 0 spiro atoms. The highest BCUT2D eigenvalue weighted by Gasteiger charge is 2.27. The van der Waals surface area contributed by atoms with Gasteiger partial charge in [0, 0.05) is 5.82 Å². The third kappa shape index (κ3) is 7.66. The first-order chi connectivity index (χ1) is 18.7. The molecule has 2 aromatic heterocycles. The average molecular weight is 528 g/mol. The largest absolute Gasteiger partial charge is 0.407 e. The molecule has 2 heterocycles. The number of aromatic nitrogens is 4. The van der Waals surface area contributed by atoms with E-state index in [2.05, 4.69) is 66.8 Å². The van der Waals surface area contributed by atoms with E-state index in [0.29, 0.717) is 17.8 Å². The van der Waals surface area contributed by atoms with Crippen molar-refractivity contribution in [2.24, 2.45) is 12.5 Å². The van der Waals surface area contributed by atoms with Gasteiger partial charge in [0.05, 0.1) is 26.5 Å². The standard InChI is InChI=1S/C33H45N5O/c1-25(17-18-29-27(3)14-11-20-33(29,4)5)12-10-13-26(2)19-21-38-24-37(6)32-30(38)31(34-23-35-32)36-39-22-28-15-8-7-9-16-28/h7-9,12,15-16,19,23-24H,10-11,13-14,17-18,20-22H2,1-6H3/b25-12+,26-19+. The van der Waals surface area contributed by atoms with Crippen molar-refractivity contribution in [1.82, 2.24) is 14.5 Å². The van der Waals surface area contributed by atoms with Crippen molar-refractivity contribution < 1.29 is 9.40 Å². The van der Waals surface area contributed by atoms with Gasteiger partial charge in [-0.3, -0.25) is 4.57 Å². The molecule has 39 heavy (non-hydrogen) atoms. The minimum absolute atomic E-state index is 0.368. The molecular formula is C33H45N5O. The van der Waals surface area contributed by atoms with Crippen molar-refractivity contribution in [1.29, 1.82) is 0 Å². The molecule has 0 amide bonds. The van der Waals surface area contributed by atoms with Crippen LogP contribution < -0.4 is 4.57 Å². The molecule has 1 aromatic carbocycles. The van der Waals surface area contributed by atoms with Crippen molar-refractivity contribution in [3.05, 3.63) is 88.5 Å². The van der Waals surface area contributed by atoms with E-state index in [1.165, 1.54) is 43.3 Å². The van der Waals surface area contributed by atoms with Gasteiger partial charge in [-0.2, -0.15) is 0 Å². The summed E-state index contributed by atoms with van der Waals surface area (Å²) in [5, 5.41) is 0. The van der Waals surface area contributed by atoms with Gasteiger partial charge in [-0.1, -0.05) is 78.6 Å². The summed E-state index contributed by atoms with van der Waals surface area (Å²) in [7, 11) is 2.00. The van der Waals surface area contributed by atoms with E-state index in [-0.39, 0.29) is 0 Å². The molecule has 0 saturated carbocycles. The smallest absolute Gasteiger partial charge is 0.300 e. The summed E-state index contributed by atoms with van der Waals surface area (Å²) in [6.07, 6.45) is 16.8. The van der Waals surface area contributed by atoms with E-state index in [4.69, 9.17) is 4.84 Å². The maximum Gasteiger partial charge on any atom is 0.300 e. The van der Waals surface area contributed by atoms with Crippen molar-refractivity contribution in [3.63, 3.8) is 0 Å². The zero-order chi connectivity index (χ0) is 27.8. The van der Waals surface area contributed by atoms with Gasteiger partial charge in [-0.25, -0.2) is 4.57 Å². The van der Waals surface area contributed by atoms with Crippen LogP contribution in [0.25, 0.3) is 16.6 Å². The van der Waals surface area contributed by atoms with E-state index in [1.807, 2.05) is 48.3 Å². The summed E-state index contributed by atoms with van der Waals surface area (Å²) in [4.78, 5) is 14.5. The normalized spacial score (nSPS) is 16.3. The van der Waals surface area contributed by atoms with E-state index in [1.54, 1.807) is 17.5 Å². The SMILES string of the molecule is CC1=C(CC/C(C)=C/CC/C(C)=C/Cn2c[n+](C)c3ncnc([N-]OCc4ccccc4)c32)C(C)(C)CCC1. The van der Waals surface area contributed by atoms with E-state index >= 15 is 0 Å². The zero-order valence-electron chi connectivity index (χ0n) is 24.7. The topological polar surface area (TPSA) is 57.9 Å². The lowest BCUT2D eigenvalue weighted by Gasteiger charge is -2.35. The second-order valence-corrected chi connectivity index (χ2v) is 11.7. The molecule has 1 aliphatic rings. The molecule has 0 saturated heterocycles. The third-order valence-corrected chi connectivity index (χ3v) is 8.07. The molecule has 6 nitrogen and oxygen atoms in total. The van der Waals surface area contributed by atoms with Gasteiger partial charge in [-0.15, -0.1) is 4.98 Å². The highest BCUT2D eigenvalue weighted by atomic mass is 16.6. The predicted octanol–water partition coefficient (Wildman–Crippen LogP) is 8.37. The third-order valence-electron chi connectivity index (χ3n) is 8.07. The van der Waals surface area contributed by atoms with Crippen molar-refractivity contribution in [2.75, 3.05) is 0 Å². The summed E-state index contributed by atoms with van der Waals surface area (Å²) in [5.41, 5.74) is 13.7. The Balaban J connectivity index is 1.33. The van der Waals surface area contributed by atoms with Crippen LogP contribution in [0.2, 0.25) is 0 Å². The van der Waals surface area contributed by atoms with Gasteiger partial charge in [0.2, 0.25) is 0 Å². The van der Waals surface area contributed by atoms with Crippen LogP contribution in [0.3, 0.4) is 0 Å². The lowest BCUT2D eigenvalue weighted by Crippen LogP contribution is -2.26. The van der Waals surface area contributed by atoms with Gasteiger partial charge < -0.3 is 15.3 Å². The first kappa shape index (κ1) is 28.8. The molecule has 0 aliphatic heterocycles. The van der Waals surface area contributed by atoms with Crippen LogP contribution in [0.15, 0.2) is 77.4 Å². The van der Waals surface area contributed by atoms with Crippen LogP contribution in [0.5, 0.6) is 0 Å². The predicted molar refractivity (Wildman–Crippen MR) is 159 cm³/mol. The molecule has 4 rings (SSSR count). The fraction of sp³-hybridized carbons (Fsp3) is 0.485. The highest BCUT2D eigenvalue weighted by Crippen LogP contribution is 2.42. The number of hydrogen-bond donors (Lipinski definition) is 0. The first-order valence-corrected chi connectivity index (χ1v) is 14.3. The van der Waals surface area contributed by atoms with Crippen LogP contribution in [-0.2, 0) is 25.0 Å². The van der Waals surface area contributed by atoms with Crippen molar-refractivity contribution >= 4 is 17.0 Å². The number of fused-ring (bicyclic) bond motifs is 1. The number of aryl methyl sites for hydroxylation is 1. The lowest BCUT2D eigenvalue weighted by molar-refractivity contribution is -0.647. The van der Waals surface area contributed by atoms with Gasteiger partial charge in [0.25, 0.3) is 0 Å². The van der Waals surface area contributed by atoms with Crippen molar-refractivity contribution in [3.8, 4) is 0 Å². The minimum Gasteiger partial charge on any atom is -0.407 e. The van der Waals surface area contributed by atoms with E-state index in [9.17, 15) is 0 Å². The molecule has 0 N–H and O–H groups in total. The number of hydrogen-bond acceptors (Lipinski definition) is 3. The molecule has 0 fully saturated rings. The Morgan fingerprint density at radius 2 is 1.87 bits per heavy atom. The van der Waals surface area contributed by atoms with E-state index < -0.39 is 0 Å². The van der Waals surface area contributed by atoms with Crippen molar-refractivity contribution in [2.45, 2.75) is 92.7 Å². The van der Waals surface area contributed by atoms with Crippen LogP contribution in [0.4, 0.5) is 5.82 Å². The Morgan fingerprint density at radius 3 is 2.64 bits per heavy atom. The minimum atomic E-state index is 0.368. The Bertz CT molecular complexity index is 1350. The lowest BCUT2D eigenvalue weighted by atomic mass is 9.71. The Morgan fingerprint density at radius 1 is 1.10 bits per heavy atom. The fourth-order valence-corrected chi connectivity index (χ4v) is 5.70. The van der Waals surface area contributed by atoms with Gasteiger partial charge in [0.1, 0.15) is 0 Å². The van der Waals surface area contributed by atoms with Crippen LogP contribution in [-0.4, -0.2) is 14.5 Å². The molecular weight excluding hydrogens is 482 g/mol. The fourth-order valence-electron chi connectivity index (χ4n) is 5.70. The number of imidazole rings is 1. The summed E-state index contributed by atoms with van der Waals surface area (Å²) in [5.74, 6) is 0.549. The van der Waals surface area contributed by atoms with E-state index in [0.717, 1.165) is 36.1 Å². The molecule has 1 aliphatic carbocycles. The number of allylic oxidation sites excluding steroid dienone is 6. The second kappa shape index (κ2) is 13.2. The summed E-state index contributed by atoms with van der Waals surface area (Å²) >= 11 is 0. The second-order valence-electron chi connectivity index (χ2n) is 11.7. The van der Waals surface area contributed by atoms with Gasteiger partial charge in [0.15, 0.2) is 11.8 Å². The first-order valence-electron chi connectivity index (χ1n) is 14.3. The summed E-state index contributed by atoms with van der Waals surface area (Å²) < 4.78 is 4.15. The molecule has 208 valence electrons. The number of nitrogens with zero attached hydrogens (tertiary/aromatic N) is 5. The van der Waals surface area contributed by atoms with Crippen LogP contribution in [0.1, 0.15) is 85.1 Å². The maximum absolute atomic E-state index is 5.64. The molecule has 6 heteroatoms. The monoisotopic (exact) mass is 527 g/mol. The summed E-state index contributed by atoms with van der Waals surface area (Å²) in [6.45, 7) is 12.8. The van der Waals surface area contributed by atoms with Crippen LogP contribution in [0, 0.1) is 5.41 Å². The Labute approximate surface area is 234 Å². The molecule has 0 radical (unpaired) electrons. The Hall–Kier alpha value is -3.25. The van der Waals surface area contributed by atoms with Gasteiger partial charge >= 0.3 is 5.65 Å². The van der Waals surface area contributed by atoms with Crippen LogP contribution >= 0.6 is 0 Å². The number of rotatable bonds is 12. The summed E-state index contributed by atoms with van der Waals surface area (Å²) in [6, 6.07) is 10.0. The maximum atomic E-state index is 5.64. The Kier molecular flexibility index (Phi) is 9.73. The molecule has 3 aromatic rings. The number of benzene rings is 1. The molecule has 0 bridgehead atoms.